The van der Waals surface area contributed by atoms with Crippen molar-refractivity contribution in [2.24, 2.45) is 5.14 Å². The summed E-state index contributed by atoms with van der Waals surface area (Å²) >= 11 is 6.05. The fraction of sp³-hybridized carbons (Fsp3) is 0.176. The van der Waals surface area contributed by atoms with Crippen LogP contribution < -0.4 is 5.14 Å². The Morgan fingerprint density at radius 1 is 1.00 bits per heavy atom. The first-order valence-corrected chi connectivity index (χ1v) is 9.09. The highest BCUT2D eigenvalue weighted by Crippen LogP contribution is 2.40. The predicted molar refractivity (Wildman–Crippen MR) is 89.9 cm³/mol. The minimum Gasteiger partial charge on any atom is -0.225 e. The summed E-state index contributed by atoms with van der Waals surface area (Å²) in [6, 6.07) is 11.6. The maximum absolute atomic E-state index is 14.1. The minimum absolute atomic E-state index is 0.482. The molecule has 2 aromatic rings. The third-order valence-corrected chi connectivity index (χ3v) is 5.16. The van der Waals surface area contributed by atoms with Gasteiger partial charge in [-0.25, -0.2) is 17.9 Å². The summed E-state index contributed by atoms with van der Waals surface area (Å²) in [5.74, 6) is -0.824. The number of sulfonamides is 1. The van der Waals surface area contributed by atoms with Crippen LogP contribution in [0.5, 0.6) is 0 Å². The molecule has 6 heteroatoms. The summed E-state index contributed by atoms with van der Waals surface area (Å²) in [7, 11) is -4.05. The second-order valence-electron chi connectivity index (χ2n) is 5.51. The van der Waals surface area contributed by atoms with Crippen molar-refractivity contribution in [3.05, 3.63) is 64.4 Å². The smallest absolute Gasteiger partial charge is 0.225 e. The van der Waals surface area contributed by atoms with Gasteiger partial charge in [-0.15, -0.1) is 0 Å². The SMILES string of the molecule is NS(=O)(=O)c1ccc(C2=C(c3cccc(Cl)c3)CCC2)cc1F. The van der Waals surface area contributed by atoms with E-state index in [9.17, 15) is 12.8 Å². The van der Waals surface area contributed by atoms with Gasteiger partial charge in [-0.05, 0) is 65.8 Å². The monoisotopic (exact) mass is 351 g/mol. The van der Waals surface area contributed by atoms with Crippen molar-refractivity contribution in [2.45, 2.75) is 24.2 Å². The Balaban J connectivity index is 2.10. The molecule has 0 spiro atoms. The van der Waals surface area contributed by atoms with Gasteiger partial charge in [-0.1, -0.05) is 29.8 Å². The Hall–Kier alpha value is -1.69. The maximum atomic E-state index is 14.1. The molecule has 2 aromatic carbocycles. The van der Waals surface area contributed by atoms with E-state index in [1.165, 1.54) is 12.1 Å². The molecule has 0 amide bonds. The first kappa shape index (κ1) is 16.2. The lowest BCUT2D eigenvalue weighted by Gasteiger charge is -2.10. The fourth-order valence-electron chi connectivity index (χ4n) is 2.98. The Bertz CT molecular complexity index is 907. The second-order valence-corrected chi connectivity index (χ2v) is 7.48. The fourth-order valence-corrected chi connectivity index (χ4v) is 3.76. The number of primary sulfonamides is 1. The standard InChI is InChI=1S/C17H15ClFNO2S/c18-13-4-1-3-11(9-13)14-5-2-6-15(14)12-7-8-17(16(19)10-12)23(20,21)22/h1,3-4,7-10H,2,5-6H2,(H2,20,21,22). The van der Waals surface area contributed by atoms with Crippen molar-refractivity contribution in [2.75, 3.05) is 0 Å². The molecular weight excluding hydrogens is 337 g/mol. The molecule has 0 bridgehead atoms. The van der Waals surface area contributed by atoms with Crippen LogP contribution in [0.2, 0.25) is 5.02 Å². The summed E-state index contributed by atoms with van der Waals surface area (Å²) in [5.41, 5.74) is 3.84. The van der Waals surface area contributed by atoms with Gasteiger partial charge in [0.15, 0.2) is 0 Å². The molecule has 0 radical (unpaired) electrons. The van der Waals surface area contributed by atoms with E-state index in [-0.39, 0.29) is 0 Å². The second kappa shape index (κ2) is 6.07. The Labute approximate surface area is 139 Å². The van der Waals surface area contributed by atoms with Crippen molar-refractivity contribution in [1.82, 2.24) is 0 Å². The van der Waals surface area contributed by atoms with Gasteiger partial charge in [0, 0.05) is 5.02 Å². The maximum Gasteiger partial charge on any atom is 0.240 e. The molecule has 0 heterocycles. The number of allylic oxidation sites excluding steroid dienone is 2. The van der Waals surface area contributed by atoms with Gasteiger partial charge in [0.05, 0.1) is 0 Å². The van der Waals surface area contributed by atoms with Gasteiger partial charge in [0.2, 0.25) is 10.0 Å². The highest BCUT2D eigenvalue weighted by atomic mass is 35.5. The lowest BCUT2D eigenvalue weighted by Crippen LogP contribution is -2.14. The van der Waals surface area contributed by atoms with Gasteiger partial charge < -0.3 is 0 Å². The van der Waals surface area contributed by atoms with Crippen LogP contribution in [0, 0.1) is 5.82 Å². The summed E-state index contributed by atoms with van der Waals surface area (Å²) in [6.07, 6.45) is 2.67. The van der Waals surface area contributed by atoms with Gasteiger partial charge in [0.25, 0.3) is 0 Å². The first-order valence-electron chi connectivity index (χ1n) is 7.17. The summed E-state index contributed by atoms with van der Waals surface area (Å²) < 4.78 is 36.7. The van der Waals surface area contributed by atoms with E-state index >= 15 is 0 Å². The van der Waals surface area contributed by atoms with Crippen molar-refractivity contribution in [1.29, 1.82) is 0 Å². The first-order chi connectivity index (χ1) is 10.9. The molecule has 0 unspecified atom stereocenters. The van der Waals surface area contributed by atoms with Crippen LogP contribution in [0.15, 0.2) is 47.4 Å². The molecule has 1 aliphatic carbocycles. The predicted octanol–water partition coefficient (Wildman–Crippen LogP) is 4.22. The van der Waals surface area contributed by atoms with Crippen molar-refractivity contribution < 1.29 is 12.8 Å². The number of halogens is 2. The highest BCUT2D eigenvalue weighted by Gasteiger charge is 2.20. The van der Waals surface area contributed by atoms with Crippen molar-refractivity contribution >= 4 is 32.8 Å². The van der Waals surface area contributed by atoms with E-state index in [2.05, 4.69) is 0 Å². The van der Waals surface area contributed by atoms with Gasteiger partial charge in [0.1, 0.15) is 10.7 Å². The van der Waals surface area contributed by atoms with Crippen LogP contribution in [0.1, 0.15) is 30.4 Å². The number of hydrogen-bond donors (Lipinski definition) is 1. The van der Waals surface area contributed by atoms with Gasteiger partial charge >= 0.3 is 0 Å². The number of hydrogen-bond acceptors (Lipinski definition) is 2. The largest absolute Gasteiger partial charge is 0.240 e. The van der Waals surface area contributed by atoms with Gasteiger partial charge in [-0.3, -0.25) is 0 Å². The molecule has 0 atom stereocenters. The van der Waals surface area contributed by atoms with Crippen molar-refractivity contribution in [3.8, 4) is 0 Å². The Morgan fingerprint density at radius 2 is 1.65 bits per heavy atom. The number of nitrogens with two attached hydrogens (primary N) is 1. The molecule has 23 heavy (non-hydrogen) atoms. The van der Waals surface area contributed by atoms with E-state index in [0.29, 0.717) is 10.6 Å². The highest BCUT2D eigenvalue weighted by molar-refractivity contribution is 7.89. The molecule has 0 aliphatic heterocycles. The normalized spacial score (nSPS) is 15.3. The van der Waals surface area contributed by atoms with E-state index < -0.39 is 20.7 Å². The van der Waals surface area contributed by atoms with E-state index in [1.54, 1.807) is 12.1 Å². The zero-order chi connectivity index (χ0) is 16.6. The lowest BCUT2D eigenvalue weighted by molar-refractivity contribution is 0.568. The summed E-state index contributed by atoms with van der Waals surface area (Å²) in [6.45, 7) is 0. The van der Waals surface area contributed by atoms with E-state index in [0.717, 1.165) is 36.0 Å². The Kier molecular flexibility index (Phi) is 4.27. The average Bonchev–Trinajstić information content (AvgIpc) is 2.95. The molecule has 0 fully saturated rings. The zero-order valence-electron chi connectivity index (χ0n) is 12.2. The average molecular weight is 352 g/mol. The van der Waals surface area contributed by atoms with Crippen LogP contribution in [0.25, 0.3) is 11.1 Å². The third-order valence-electron chi connectivity index (χ3n) is 3.98. The third kappa shape index (κ3) is 3.32. The quantitative estimate of drug-likeness (QED) is 0.899. The van der Waals surface area contributed by atoms with Crippen LogP contribution in [0.3, 0.4) is 0 Å². The van der Waals surface area contributed by atoms with Crippen molar-refractivity contribution in [3.63, 3.8) is 0 Å². The topological polar surface area (TPSA) is 60.2 Å². The molecular formula is C17H15ClFNO2S. The number of rotatable bonds is 3. The van der Waals surface area contributed by atoms with Crippen LogP contribution in [-0.4, -0.2) is 8.42 Å². The molecule has 1 aliphatic rings. The van der Waals surface area contributed by atoms with E-state index in [4.69, 9.17) is 16.7 Å². The zero-order valence-corrected chi connectivity index (χ0v) is 13.8. The van der Waals surface area contributed by atoms with Crippen LogP contribution in [-0.2, 0) is 10.0 Å². The van der Waals surface area contributed by atoms with Crippen LogP contribution >= 0.6 is 11.6 Å². The molecule has 0 aromatic heterocycles. The van der Waals surface area contributed by atoms with Gasteiger partial charge in [-0.2, -0.15) is 0 Å². The van der Waals surface area contributed by atoms with Crippen LogP contribution in [0.4, 0.5) is 4.39 Å². The molecule has 0 saturated carbocycles. The van der Waals surface area contributed by atoms with E-state index in [1.807, 2.05) is 18.2 Å². The molecule has 0 saturated heterocycles. The Morgan fingerprint density at radius 3 is 2.22 bits per heavy atom. The lowest BCUT2D eigenvalue weighted by atomic mass is 9.97. The molecule has 120 valence electrons. The number of benzene rings is 2. The minimum atomic E-state index is -4.05. The molecule has 3 rings (SSSR count). The summed E-state index contributed by atoms with van der Waals surface area (Å²) in [4.78, 5) is -0.482. The summed E-state index contributed by atoms with van der Waals surface area (Å²) in [5, 5.41) is 5.65. The molecule has 3 nitrogen and oxygen atoms in total. The molecule has 2 N–H and O–H groups in total.